The number of aromatic nitrogens is 2. The summed E-state index contributed by atoms with van der Waals surface area (Å²) < 4.78 is 1.91. The normalized spacial score (nSPS) is 18.3. The topological polar surface area (TPSA) is 64.2 Å². The summed E-state index contributed by atoms with van der Waals surface area (Å²) >= 11 is 0. The number of amides is 1. The van der Waals surface area contributed by atoms with Crippen LogP contribution in [0.3, 0.4) is 0 Å². The molecule has 2 N–H and O–H groups in total. The number of hydrogen-bond donors (Lipinski definition) is 1. The van der Waals surface area contributed by atoms with Gasteiger partial charge in [-0.1, -0.05) is 0 Å². The van der Waals surface area contributed by atoms with Crippen LogP contribution in [-0.4, -0.2) is 39.7 Å². The van der Waals surface area contributed by atoms with E-state index in [1.165, 1.54) is 25.7 Å². The summed E-state index contributed by atoms with van der Waals surface area (Å²) in [5.41, 5.74) is 7.28. The standard InChI is InChI=1S/C15H24N4O/c1-11-14(9-17-19(11)8-2-7-16)15(20)18(13-5-6-13)10-12-3-4-12/h9,12-13H,2-8,10,16H2,1H3. The molecule has 2 aliphatic carbocycles. The summed E-state index contributed by atoms with van der Waals surface area (Å²) in [4.78, 5) is 14.8. The lowest BCUT2D eigenvalue weighted by Gasteiger charge is -2.22. The van der Waals surface area contributed by atoms with Gasteiger partial charge in [-0.25, -0.2) is 0 Å². The molecule has 2 fully saturated rings. The van der Waals surface area contributed by atoms with E-state index in [4.69, 9.17) is 5.73 Å². The van der Waals surface area contributed by atoms with Gasteiger partial charge in [0.1, 0.15) is 0 Å². The zero-order chi connectivity index (χ0) is 14.1. The van der Waals surface area contributed by atoms with Crippen LogP contribution in [0.15, 0.2) is 6.20 Å². The van der Waals surface area contributed by atoms with Gasteiger partial charge < -0.3 is 10.6 Å². The average molecular weight is 276 g/mol. The van der Waals surface area contributed by atoms with Crippen LogP contribution in [0.4, 0.5) is 0 Å². The van der Waals surface area contributed by atoms with E-state index in [0.717, 1.165) is 36.7 Å². The molecule has 0 aromatic carbocycles. The number of hydrogen-bond acceptors (Lipinski definition) is 3. The van der Waals surface area contributed by atoms with Gasteiger partial charge in [-0.05, 0) is 51.5 Å². The fraction of sp³-hybridized carbons (Fsp3) is 0.733. The monoisotopic (exact) mass is 276 g/mol. The summed E-state index contributed by atoms with van der Waals surface area (Å²) in [5, 5.41) is 4.34. The number of rotatable bonds is 7. The van der Waals surface area contributed by atoms with E-state index >= 15 is 0 Å². The Labute approximate surface area is 120 Å². The maximum absolute atomic E-state index is 12.7. The number of carbonyl (C=O) groups is 1. The Balaban J connectivity index is 1.72. The van der Waals surface area contributed by atoms with Crippen LogP contribution in [0.25, 0.3) is 0 Å². The van der Waals surface area contributed by atoms with Gasteiger partial charge in [-0.15, -0.1) is 0 Å². The SMILES string of the molecule is Cc1c(C(=O)N(CC2CC2)C2CC2)cnn1CCCN. The minimum atomic E-state index is 0.177. The van der Waals surface area contributed by atoms with Crippen LogP contribution < -0.4 is 5.73 Å². The zero-order valence-electron chi connectivity index (χ0n) is 12.2. The molecule has 0 unspecified atom stereocenters. The van der Waals surface area contributed by atoms with Crippen molar-refractivity contribution in [2.75, 3.05) is 13.1 Å². The van der Waals surface area contributed by atoms with Crippen LogP contribution in [-0.2, 0) is 6.54 Å². The fourth-order valence-corrected chi connectivity index (χ4v) is 2.64. The number of aryl methyl sites for hydroxylation is 1. The third kappa shape index (κ3) is 2.87. The maximum atomic E-state index is 12.7. The molecular formula is C15H24N4O. The van der Waals surface area contributed by atoms with Crippen molar-refractivity contribution in [3.8, 4) is 0 Å². The van der Waals surface area contributed by atoms with E-state index in [9.17, 15) is 4.79 Å². The van der Waals surface area contributed by atoms with Gasteiger partial charge in [0.15, 0.2) is 0 Å². The number of nitrogens with zero attached hydrogens (tertiary/aromatic N) is 3. The summed E-state index contributed by atoms with van der Waals surface area (Å²) in [6, 6.07) is 0.481. The molecule has 1 heterocycles. The first-order chi connectivity index (χ1) is 9.70. The van der Waals surface area contributed by atoms with E-state index in [2.05, 4.69) is 10.00 Å². The highest BCUT2D eigenvalue weighted by molar-refractivity contribution is 5.95. The molecule has 5 nitrogen and oxygen atoms in total. The minimum absolute atomic E-state index is 0.177. The predicted molar refractivity (Wildman–Crippen MR) is 77.4 cm³/mol. The van der Waals surface area contributed by atoms with Gasteiger partial charge in [0.25, 0.3) is 5.91 Å². The molecule has 20 heavy (non-hydrogen) atoms. The average Bonchev–Trinajstić information content (AvgIpc) is 3.33. The molecule has 0 spiro atoms. The molecule has 0 atom stereocenters. The van der Waals surface area contributed by atoms with Crippen molar-refractivity contribution in [2.24, 2.45) is 11.7 Å². The van der Waals surface area contributed by atoms with Crippen molar-refractivity contribution in [2.45, 2.75) is 51.6 Å². The van der Waals surface area contributed by atoms with E-state index in [1.54, 1.807) is 6.20 Å². The summed E-state index contributed by atoms with van der Waals surface area (Å²) in [5.74, 6) is 0.919. The Morgan fingerprint density at radius 2 is 2.20 bits per heavy atom. The first-order valence-corrected chi connectivity index (χ1v) is 7.74. The van der Waals surface area contributed by atoms with Crippen LogP contribution >= 0.6 is 0 Å². The summed E-state index contributed by atoms with van der Waals surface area (Å²) in [6.45, 7) is 4.37. The van der Waals surface area contributed by atoms with E-state index in [1.807, 2.05) is 11.6 Å². The lowest BCUT2D eigenvalue weighted by atomic mass is 10.2. The summed E-state index contributed by atoms with van der Waals surface area (Å²) in [7, 11) is 0. The minimum Gasteiger partial charge on any atom is -0.335 e. The fourth-order valence-electron chi connectivity index (χ4n) is 2.64. The number of nitrogens with two attached hydrogens (primary N) is 1. The predicted octanol–water partition coefficient (Wildman–Crippen LogP) is 1.55. The van der Waals surface area contributed by atoms with Crippen LogP contribution in [0, 0.1) is 12.8 Å². The van der Waals surface area contributed by atoms with Gasteiger partial charge in [0.2, 0.25) is 0 Å². The molecule has 5 heteroatoms. The Morgan fingerprint density at radius 1 is 1.45 bits per heavy atom. The highest BCUT2D eigenvalue weighted by Crippen LogP contribution is 2.35. The highest BCUT2D eigenvalue weighted by atomic mass is 16.2. The smallest absolute Gasteiger partial charge is 0.257 e. The second kappa shape index (κ2) is 5.56. The third-order valence-corrected chi connectivity index (χ3v) is 4.31. The quantitative estimate of drug-likeness (QED) is 0.822. The van der Waals surface area contributed by atoms with Gasteiger partial charge in [-0.3, -0.25) is 9.48 Å². The molecular weight excluding hydrogens is 252 g/mol. The Bertz CT molecular complexity index is 488. The van der Waals surface area contributed by atoms with Crippen molar-refractivity contribution >= 4 is 5.91 Å². The molecule has 2 saturated carbocycles. The van der Waals surface area contributed by atoms with Gasteiger partial charge in [0.05, 0.1) is 11.8 Å². The van der Waals surface area contributed by atoms with Crippen molar-refractivity contribution in [1.82, 2.24) is 14.7 Å². The van der Waals surface area contributed by atoms with Crippen molar-refractivity contribution < 1.29 is 4.79 Å². The second-order valence-corrected chi connectivity index (χ2v) is 6.14. The molecule has 3 rings (SSSR count). The molecule has 0 saturated heterocycles. The maximum Gasteiger partial charge on any atom is 0.257 e. The van der Waals surface area contributed by atoms with Crippen molar-refractivity contribution in [3.63, 3.8) is 0 Å². The van der Waals surface area contributed by atoms with E-state index in [0.29, 0.717) is 12.6 Å². The Kier molecular flexibility index (Phi) is 3.78. The third-order valence-electron chi connectivity index (χ3n) is 4.31. The Hall–Kier alpha value is -1.36. The van der Waals surface area contributed by atoms with Crippen molar-refractivity contribution in [1.29, 1.82) is 0 Å². The van der Waals surface area contributed by atoms with E-state index < -0.39 is 0 Å². The van der Waals surface area contributed by atoms with E-state index in [-0.39, 0.29) is 5.91 Å². The Morgan fingerprint density at radius 3 is 2.80 bits per heavy atom. The molecule has 0 aliphatic heterocycles. The lowest BCUT2D eigenvalue weighted by molar-refractivity contribution is 0.0734. The lowest BCUT2D eigenvalue weighted by Crippen LogP contribution is -2.35. The highest BCUT2D eigenvalue weighted by Gasteiger charge is 2.37. The molecule has 1 aromatic rings. The summed E-state index contributed by atoms with van der Waals surface area (Å²) in [6.07, 6.45) is 7.52. The molecule has 0 bridgehead atoms. The number of carbonyl (C=O) groups excluding carboxylic acids is 1. The van der Waals surface area contributed by atoms with Crippen LogP contribution in [0.1, 0.15) is 48.2 Å². The zero-order valence-corrected chi connectivity index (χ0v) is 12.2. The van der Waals surface area contributed by atoms with Crippen LogP contribution in [0.2, 0.25) is 0 Å². The second-order valence-electron chi connectivity index (χ2n) is 6.14. The van der Waals surface area contributed by atoms with Crippen LogP contribution in [0.5, 0.6) is 0 Å². The molecule has 1 aromatic heterocycles. The first kappa shape index (κ1) is 13.6. The molecule has 1 amide bonds. The van der Waals surface area contributed by atoms with Crippen molar-refractivity contribution in [3.05, 3.63) is 17.5 Å². The van der Waals surface area contributed by atoms with Gasteiger partial charge in [0, 0.05) is 24.8 Å². The first-order valence-electron chi connectivity index (χ1n) is 7.74. The van der Waals surface area contributed by atoms with Gasteiger partial charge in [-0.2, -0.15) is 5.10 Å². The molecule has 0 radical (unpaired) electrons. The largest absolute Gasteiger partial charge is 0.335 e. The van der Waals surface area contributed by atoms with Gasteiger partial charge >= 0.3 is 0 Å². The molecule has 110 valence electrons. The molecule has 2 aliphatic rings.